The van der Waals surface area contributed by atoms with Crippen LogP contribution >= 0.6 is 15.9 Å². The molecule has 0 radical (unpaired) electrons. The maximum Gasteiger partial charge on any atom is 0.338 e. The number of fused-ring (bicyclic) bond motifs is 1. The van der Waals surface area contributed by atoms with Crippen molar-refractivity contribution in [2.75, 3.05) is 18.5 Å². The summed E-state index contributed by atoms with van der Waals surface area (Å²) in [6.45, 7) is 6.57. The molecule has 1 atom stereocenters. The van der Waals surface area contributed by atoms with Crippen molar-refractivity contribution in [1.82, 2.24) is 20.2 Å². The van der Waals surface area contributed by atoms with Gasteiger partial charge in [0.25, 0.3) is 0 Å². The van der Waals surface area contributed by atoms with Gasteiger partial charge in [-0.25, -0.2) is 4.79 Å². The number of allylic oxidation sites excluding steroid dienone is 1. The van der Waals surface area contributed by atoms with Gasteiger partial charge in [-0.05, 0) is 48.9 Å². The van der Waals surface area contributed by atoms with Gasteiger partial charge in [-0.15, -0.1) is 0 Å². The van der Waals surface area contributed by atoms with Gasteiger partial charge in [-0.2, -0.15) is 4.68 Å². The number of nitrogens with one attached hydrogen (secondary N) is 1. The SMILES string of the molecule is CCCCOc1ccc(Br)cc1C1C(C(=O)OCC)=C(C)Nc2nnnn21. The molecule has 144 valence electrons. The fourth-order valence-corrected chi connectivity index (χ4v) is 3.34. The van der Waals surface area contributed by atoms with Gasteiger partial charge in [0.15, 0.2) is 0 Å². The Morgan fingerprint density at radius 1 is 1.37 bits per heavy atom. The van der Waals surface area contributed by atoms with Crippen LogP contribution in [-0.4, -0.2) is 39.4 Å². The van der Waals surface area contributed by atoms with Gasteiger partial charge < -0.3 is 14.8 Å². The summed E-state index contributed by atoms with van der Waals surface area (Å²) >= 11 is 3.51. The molecule has 0 saturated carbocycles. The summed E-state index contributed by atoms with van der Waals surface area (Å²) in [5.41, 5.74) is 1.90. The summed E-state index contributed by atoms with van der Waals surface area (Å²) < 4.78 is 13.7. The van der Waals surface area contributed by atoms with Gasteiger partial charge in [0.2, 0.25) is 5.95 Å². The van der Waals surface area contributed by atoms with Crippen molar-refractivity contribution < 1.29 is 14.3 Å². The second-order valence-corrected chi connectivity index (χ2v) is 7.03. The van der Waals surface area contributed by atoms with Crippen LogP contribution in [0.5, 0.6) is 5.75 Å². The van der Waals surface area contributed by atoms with Gasteiger partial charge in [-0.3, -0.25) is 0 Å². The van der Waals surface area contributed by atoms with E-state index in [-0.39, 0.29) is 6.61 Å². The molecule has 0 fully saturated rings. The first-order valence-corrected chi connectivity index (χ1v) is 9.71. The van der Waals surface area contributed by atoms with Crippen LogP contribution in [0.3, 0.4) is 0 Å². The number of rotatable bonds is 7. The zero-order chi connectivity index (χ0) is 19.4. The van der Waals surface area contributed by atoms with E-state index in [1.54, 1.807) is 11.6 Å². The Labute approximate surface area is 166 Å². The standard InChI is InChI=1S/C18H22BrN5O3/c1-4-6-9-27-14-8-7-12(19)10-13(14)16-15(17(25)26-5-2)11(3)20-18-21-22-23-24(16)18/h7-8,10,16H,4-6,9H2,1-3H3,(H,20,21,23). The smallest absolute Gasteiger partial charge is 0.338 e. The van der Waals surface area contributed by atoms with Gasteiger partial charge in [0, 0.05) is 15.7 Å². The molecule has 0 amide bonds. The molecule has 1 aliphatic heterocycles. The number of hydrogen-bond donors (Lipinski definition) is 1. The van der Waals surface area contributed by atoms with Crippen molar-refractivity contribution in [3.63, 3.8) is 0 Å². The monoisotopic (exact) mass is 435 g/mol. The van der Waals surface area contributed by atoms with E-state index in [1.807, 2.05) is 25.1 Å². The average molecular weight is 436 g/mol. The highest BCUT2D eigenvalue weighted by Crippen LogP contribution is 2.40. The number of ether oxygens (including phenoxy) is 2. The van der Waals surface area contributed by atoms with Gasteiger partial charge in [-0.1, -0.05) is 34.4 Å². The lowest BCUT2D eigenvalue weighted by atomic mass is 9.95. The highest BCUT2D eigenvalue weighted by Gasteiger charge is 2.36. The number of hydrogen-bond acceptors (Lipinski definition) is 7. The molecule has 2 heterocycles. The summed E-state index contributed by atoms with van der Waals surface area (Å²) in [6.07, 6.45) is 1.97. The molecular formula is C18H22BrN5O3. The molecule has 0 spiro atoms. The number of esters is 1. The number of anilines is 1. The Hall–Kier alpha value is -2.42. The molecule has 0 saturated heterocycles. The minimum atomic E-state index is -0.551. The van der Waals surface area contributed by atoms with E-state index in [0.717, 1.165) is 22.9 Å². The fraction of sp³-hybridized carbons (Fsp3) is 0.444. The average Bonchev–Trinajstić information content (AvgIpc) is 3.10. The van der Waals surface area contributed by atoms with Crippen molar-refractivity contribution in [2.45, 2.75) is 39.7 Å². The van der Waals surface area contributed by atoms with Gasteiger partial charge in [0.05, 0.1) is 18.8 Å². The van der Waals surface area contributed by atoms with Crippen molar-refractivity contribution in [3.8, 4) is 5.75 Å². The number of carbonyl (C=O) groups is 1. The van der Waals surface area contributed by atoms with Crippen LogP contribution in [0.4, 0.5) is 5.95 Å². The van der Waals surface area contributed by atoms with Crippen LogP contribution in [-0.2, 0) is 9.53 Å². The zero-order valence-corrected chi connectivity index (χ0v) is 17.1. The summed E-state index contributed by atoms with van der Waals surface area (Å²) in [4.78, 5) is 12.7. The van der Waals surface area contributed by atoms with Crippen LogP contribution in [0.2, 0.25) is 0 Å². The first-order valence-electron chi connectivity index (χ1n) is 8.91. The van der Waals surface area contributed by atoms with E-state index < -0.39 is 12.0 Å². The van der Waals surface area contributed by atoms with Crippen molar-refractivity contribution in [1.29, 1.82) is 0 Å². The Morgan fingerprint density at radius 3 is 2.93 bits per heavy atom. The molecule has 1 aliphatic rings. The topological polar surface area (TPSA) is 91.2 Å². The first kappa shape index (κ1) is 19.3. The Bertz CT molecular complexity index is 864. The van der Waals surface area contributed by atoms with E-state index in [2.05, 4.69) is 43.7 Å². The molecule has 0 bridgehead atoms. The lowest BCUT2D eigenvalue weighted by Crippen LogP contribution is -2.30. The number of unbranched alkanes of at least 4 members (excludes halogenated alkanes) is 1. The molecule has 3 rings (SSSR count). The Balaban J connectivity index is 2.12. The predicted octanol–water partition coefficient (Wildman–Crippen LogP) is 3.47. The fourth-order valence-electron chi connectivity index (χ4n) is 2.96. The van der Waals surface area contributed by atoms with Crippen molar-refractivity contribution in [3.05, 3.63) is 39.5 Å². The number of benzene rings is 1. The molecule has 9 heteroatoms. The normalized spacial score (nSPS) is 15.9. The van der Waals surface area contributed by atoms with E-state index in [0.29, 0.717) is 29.6 Å². The third kappa shape index (κ3) is 3.97. The van der Waals surface area contributed by atoms with Crippen LogP contribution in [0.15, 0.2) is 33.9 Å². The first-order chi connectivity index (χ1) is 13.1. The van der Waals surface area contributed by atoms with Crippen molar-refractivity contribution in [2.24, 2.45) is 0 Å². The molecule has 1 aromatic heterocycles. The number of tetrazole rings is 1. The van der Waals surface area contributed by atoms with Crippen molar-refractivity contribution >= 4 is 27.8 Å². The molecule has 2 aromatic rings. The summed E-state index contributed by atoms with van der Waals surface area (Å²) in [6, 6.07) is 5.17. The quantitative estimate of drug-likeness (QED) is 0.525. The largest absolute Gasteiger partial charge is 0.493 e. The number of halogens is 1. The van der Waals surface area contributed by atoms with Gasteiger partial charge in [0.1, 0.15) is 11.8 Å². The minimum Gasteiger partial charge on any atom is -0.493 e. The number of aromatic nitrogens is 4. The third-order valence-corrected chi connectivity index (χ3v) is 4.72. The molecule has 8 nitrogen and oxygen atoms in total. The third-order valence-electron chi connectivity index (χ3n) is 4.23. The van der Waals surface area contributed by atoms with Crippen LogP contribution in [0.25, 0.3) is 0 Å². The van der Waals surface area contributed by atoms with Gasteiger partial charge >= 0.3 is 5.97 Å². The van der Waals surface area contributed by atoms with Crippen LogP contribution < -0.4 is 10.1 Å². The maximum absolute atomic E-state index is 12.7. The number of carbonyl (C=O) groups excluding carboxylic acids is 1. The highest BCUT2D eigenvalue weighted by atomic mass is 79.9. The van der Waals surface area contributed by atoms with E-state index in [1.165, 1.54) is 0 Å². The van der Waals surface area contributed by atoms with Crippen LogP contribution in [0.1, 0.15) is 45.2 Å². The predicted molar refractivity (Wildman–Crippen MR) is 103 cm³/mol. The molecule has 1 aromatic carbocycles. The zero-order valence-electron chi connectivity index (χ0n) is 15.5. The number of nitrogens with zero attached hydrogens (tertiary/aromatic N) is 4. The summed E-state index contributed by atoms with van der Waals surface area (Å²) in [5, 5.41) is 14.9. The second kappa shape index (κ2) is 8.51. The van der Waals surface area contributed by atoms with E-state index >= 15 is 0 Å². The second-order valence-electron chi connectivity index (χ2n) is 6.12. The Morgan fingerprint density at radius 2 is 2.19 bits per heavy atom. The van der Waals surface area contributed by atoms with E-state index in [4.69, 9.17) is 9.47 Å². The maximum atomic E-state index is 12.7. The summed E-state index contributed by atoms with van der Waals surface area (Å²) in [5.74, 6) is 0.743. The lowest BCUT2D eigenvalue weighted by molar-refractivity contribution is -0.139. The Kier molecular flexibility index (Phi) is 6.10. The molecule has 27 heavy (non-hydrogen) atoms. The molecular weight excluding hydrogens is 414 g/mol. The minimum absolute atomic E-state index is 0.281. The van der Waals surface area contributed by atoms with E-state index in [9.17, 15) is 4.79 Å². The molecule has 0 aliphatic carbocycles. The highest BCUT2D eigenvalue weighted by molar-refractivity contribution is 9.10. The lowest BCUT2D eigenvalue weighted by Gasteiger charge is -2.28. The molecule has 1 N–H and O–H groups in total. The van der Waals surface area contributed by atoms with Crippen LogP contribution in [0, 0.1) is 0 Å². The molecule has 1 unspecified atom stereocenters. The summed E-state index contributed by atoms with van der Waals surface area (Å²) in [7, 11) is 0.